The van der Waals surface area contributed by atoms with Crippen molar-refractivity contribution in [1.29, 1.82) is 0 Å². The van der Waals surface area contributed by atoms with Crippen LogP contribution in [0.4, 0.5) is 0 Å². The number of ether oxygens (including phenoxy) is 1. The molecule has 0 aromatic carbocycles. The minimum absolute atomic E-state index is 0.0683. The Bertz CT molecular complexity index is 380. The van der Waals surface area contributed by atoms with Gasteiger partial charge in [0.25, 0.3) is 0 Å². The van der Waals surface area contributed by atoms with Gasteiger partial charge >= 0.3 is 0 Å². The smallest absolute Gasteiger partial charge is 0.150 e. The van der Waals surface area contributed by atoms with Crippen LogP contribution >= 0.6 is 0 Å². The molecule has 2 fully saturated rings. The minimum Gasteiger partial charge on any atom is -0.390 e. The van der Waals surface area contributed by atoms with Gasteiger partial charge in [0.15, 0.2) is 0 Å². The Hall–Kier alpha value is -0.130. The van der Waals surface area contributed by atoms with E-state index < -0.39 is 21.5 Å². The van der Waals surface area contributed by atoms with Crippen LogP contribution in [0.15, 0.2) is 0 Å². The van der Waals surface area contributed by atoms with Crippen LogP contribution in [-0.4, -0.2) is 43.8 Å². The molecule has 4 nitrogen and oxygen atoms in total. The molecule has 1 N–H and O–H groups in total. The zero-order valence-electron chi connectivity index (χ0n) is 11.3. The van der Waals surface area contributed by atoms with Crippen LogP contribution < -0.4 is 0 Å². The summed E-state index contributed by atoms with van der Waals surface area (Å²) < 4.78 is 28.8. The van der Waals surface area contributed by atoms with E-state index in [-0.39, 0.29) is 11.2 Å². The van der Waals surface area contributed by atoms with Crippen LogP contribution in [0.3, 0.4) is 0 Å². The summed E-state index contributed by atoms with van der Waals surface area (Å²) >= 11 is 0. The number of methoxy groups -OCH3 is 1. The Labute approximate surface area is 110 Å². The van der Waals surface area contributed by atoms with Crippen LogP contribution in [0, 0.1) is 5.92 Å². The summed E-state index contributed by atoms with van der Waals surface area (Å²) in [6.45, 7) is 0. The monoisotopic (exact) mass is 276 g/mol. The third-order valence-corrected chi connectivity index (χ3v) is 6.50. The van der Waals surface area contributed by atoms with E-state index in [1.165, 1.54) is 6.26 Å². The fourth-order valence-corrected chi connectivity index (χ4v) is 4.62. The van der Waals surface area contributed by atoms with Gasteiger partial charge in [-0.25, -0.2) is 8.42 Å². The maximum absolute atomic E-state index is 11.6. The topological polar surface area (TPSA) is 63.6 Å². The first-order valence-electron chi connectivity index (χ1n) is 6.81. The highest BCUT2D eigenvalue weighted by Gasteiger charge is 2.48. The first-order chi connectivity index (χ1) is 8.39. The number of aliphatic hydroxyl groups excluding tert-OH is 1. The third-order valence-electron chi connectivity index (χ3n) is 4.86. The van der Waals surface area contributed by atoms with Crippen molar-refractivity contribution in [3.63, 3.8) is 0 Å². The lowest BCUT2D eigenvalue weighted by Gasteiger charge is -2.48. The summed E-state index contributed by atoms with van der Waals surface area (Å²) in [5.74, 6) is 0.0683. The van der Waals surface area contributed by atoms with Gasteiger partial charge in [-0.2, -0.15) is 0 Å². The predicted octanol–water partition coefficient (Wildman–Crippen LogP) is 1.52. The summed E-state index contributed by atoms with van der Waals surface area (Å²) in [7, 11) is -1.33. The average Bonchev–Trinajstić information content (AvgIpc) is 2.27. The van der Waals surface area contributed by atoms with Crippen LogP contribution in [-0.2, 0) is 14.6 Å². The van der Waals surface area contributed by atoms with E-state index in [4.69, 9.17) is 4.74 Å². The number of rotatable bonds is 4. The van der Waals surface area contributed by atoms with E-state index in [1.54, 1.807) is 7.11 Å². The minimum atomic E-state index is -2.99. The van der Waals surface area contributed by atoms with Crippen molar-refractivity contribution in [2.75, 3.05) is 13.4 Å². The van der Waals surface area contributed by atoms with E-state index in [2.05, 4.69) is 0 Å². The molecular formula is C13H24O4S. The van der Waals surface area contributed by atoms with Gasteiger partial charge in [0, 0.05) is 13.4 Å². The largest absolute Gasteiger partial charge is 0.390 e. The molecule has 0 radical (unpaired) electrons. The molecule has 3 atom stereocenters. The van der Waals surface area contributed by atoms with Gasteiger partial charge < -0.3 is 9.84 Å². The molecule has 2 aliphatic carbocycles. The zero-order chi connectivity index (χ0) is 13.4. The summed E-state index contributed by atoms with van der Waals surface area (Å²) in [5.41, 5.74) is -0.399. The average molecular weight is 276 g/mol. The Morgan fingerprint density at radius 2 is 1.94 bits per heavy atom. The Kier molecular flexibility index (Phi) is 4.04. The number of aliphatic hydroxyl groups is 1. The molecular weight excluding hydrogens is 252 g/mol. The molecule has 3 unspecified atom stereocenters. The van der Waals surface area contributed by atoms with Crippen molar-refractivity contribution in [2.24, 2.45) is 5.92 Å². The van der Waals surface area contributed by atoms with Gasteiger partial charge in [-0.1, -0.05) is 6.42 Å². The lowest BCUT2D eigenvalue weighted by atomic mass is 9.69. The molecule has 2 saturated carbocycles. The maximum Gasteiger partial charge on any atom is 0.150 e. The molecule has 0 aromatic heterocycles. The maximum atomic E-state index is 11.6. The molecule has 0 bridgehead atoms. The van der Waals surface area contributed by atoms with Crippen LogP contribution in [0.2, 0.25) is 0 Å². The van der Waals surface area contributed by atoms with Gasteiger partial charge in [-0.05, 0) is 44.4 Å². The second kappa shape index (κ2) is 5.10. The van der Waals surface area contributed by atoms with Gasteiger partial charge in [0.2, 0.25) is 0 Å². The molecule has 0 aromatic rings. The molecule has 106 valence electrons. The number of sulfone groups is 1. The van der Waals surface area contributed by atoms with Gasteiger partial charge in [0.1, 0.15) is 9.84 Å². The van der Waals surface area contributed by atoms with Crippen LogP contribution in [0.5, 0.6) is 0 Å². The van der Waals surface area contributed by atoms with Crippen molar-refractivity contribution < 1.29 is 18.3 Å². The molecule has 0 saturated heterocycles. The van der Waals surface area contributed by atoms with Crippen molar-refractivity contribution >= 4 is 9.84 Å². The zero-order valence-corrected chi connectivity index (χ0v) is 12.1. The molecule has 18 heavy (non-hydrogen) atoms. The SMILES string of the molecule is COC1(C(O)C2CCCC(S(C)(=O)=O)C2)CCC1. The molecule has 0 heterocycles. The highest BCUT2D eigenvalue weighted by Crippen LogP contribution is 2.44. The summed E-state index contributed by atoms with van der Waals surface area (Å²) in [4.78, 5) is 0. The van der Waals surface area contributed by atoms with Gasteiger partial charge in [-0.15, -0.1) is 0 Å². The lowest BCUT2D eigenvalue weighted by Crippen LogP contribution is -2.54. The normalized spacial score (nSPS) is 33.7. The van der Waals surface area contributed by atoms with Crippen LogP contribution in [0.25, 0.3) is 0 Å². The van der Waals surface area contributed by atoms with E-state index >= 15 is 0 Å². The third kappa shape index (κ3) is 2.58. The van der Waals surface area contributed by atoms with Gasteiger partial charge in [-0.3, -0.25) is 0 Å². The van der Waals surface area contributed by atoms with Crippen molar-refractivity contribution in [2.45, 2.75) is 61.9 Å². The number of hydrogen-bond acceptors (Lipinski definition) is 4. The fourth-order valence-electron chi connectivity index (χ4n) is 3.43. The quantitative estimate of drug-likeness (QED) is 0.845. The molecule has 0 amide bonds. The fraction of sp³-hybridized carbons (Fsp3) is 1.00. The van der Waals surface area contributed by atoms with Crippen molar-refractivity contribution in [3.05, 3.63) is 0 Å². The highest BCUT2D eigenvalue weighted by molar-refractivity contribution is 7.91. The Balaban J connectivity index is 2.05. The van der Waals surface area contributed by atoms with Crippen molar-refractivity contribution in [1.82, 2.24) is 0 Å². The second-order valence-electron chi connectivity index (χ2n) is 5.95. The molecule has 0 spiro atoms. The van der Waals surface area contributed by atoms with Gasteiger partial charge in [0.05, 0.1) is 17.0 Å². The van der Waals surface area contributed by atoms with Crippen LogP contribution in [0.1, 0.15) is 44.9 Å². The van der Waals surface area contributed by atoms with E-state index in [0.717, 1.165) is 38.5 Å². The second-order valence-corrected chi connectivity index (χ2v) is 8.27. The predicted molar refractivity (Wildman–Crippen MR) is 70.2 cm³/mol. The molecule has 5 heteroatoms. The highest BCUT2D eigenvalue weighted by atomic mass is 32.2. The Morgan fingerprint density at radius 1 is 1.28 bits per heavy atom. The number of hydrogen-bond donors (Lipinski definition) is 1. The molecule has 0 aliphatic heterocycles. The van der Waals surface area contributed by atoms with E-state index in [9.17, 15) is 13.5 Å². The first kappa shape index (κ1) is 14.3. The van der Waals surface area contributed by atoms with E-state index in [1.807, 2.05) is 0 Å². The van der Waals surface area contributed by atoms with E-state index in [0.29, 0.717) is 6.42 Å². The summed E-state index contributed by atoms with van der Waals surface area (Å²) in [5, 5.41) is 10.2. The van der Waals surface area contributed by atoms with Crippen molar-refractivity contribution in [3.8, 4) is 0 Å². The lowest BCUT2D eigenvalue weighted by molar-refractivity contribution is -0.170. The first-order valence-corrected chi connectivity index (χ1v) is 8.76. The standard InChI is InChI=1S/C13H24O4S/c1-17-13(7-4-8-13)12(14)10-5-3-6-11(9-10)18(2,15)16/h10-12,14H,3-9H2,1-2H3. The molecule has 2 aliphatic rings. The summed E-state index contributed by atoms with van der Waals surface area (Å²) in [6, 6.07) is 0. The Morgan fingerprint density at radius 3 is 2.39 bits per heavy atom. The molecule has 2 rings (SSSR count). The summed E-state index contributed by atoms with van der Waals surface area (Å²) in [6.07, 6.45) is 6.80.